The lowest BCUT2D eigenvalue weighted by molar-refractivity contribution is -0.384. The predicted molar refractivity (Wildman–Crippen MR) is 126 cm³/mol. The minimum atomic E-state index is -4.35. The molecule has 34 heavy (non-hydrogen) atoms. The maximum Gasteiger partial charge on any atom is 0.416 e. The van der Waals surface area contributed by atoms with Gasteiger partial charge in [0.2, 0.25) is 5.91 Å². The number of halogens is 3. The van der Waals surface area contributed by atoms with Crippen molar-refractivity contribution >= 4 is 29.0 Å². The molecule has 2 aromatic rings. The third kappa shape index (κ3) is 7.36. The summed E-state index contributed by atoms with van der Waals surface area (Å²) in [5, 5.41) is 13.3. The summed E-state index contributed by atoms with van der Waals surface area (Å²) in [6.45, 7) is 5.90. The number of nitro benzene ring substituents is 1. The summed E-state index contributed by atoms with van der Waals surface area (Å²) in [5.74, 6) is -0.0993. The Morgan fingerprint density at radius 2 is 1.82 bits per heavy atom. The number of thioether (sulfide) groups is 1. The van der Waals surface area contributed by atoms with E-state index in [1.54, 1.807) is 25.1 Å². The first-order valence-electron chi connectivity index (χ1n) is 11.0. The Labute approximate surface area is 200 Å². The van der Waals surface area contributed by atoms with Crippen LogP contribution in [0.3, 0.4) is 0 Å². The minimum Gasteiger partial charge on any atom is -0.369 e. The Bertz CT molecular complexity index is 980. The molecule has 0 saturated carbocycles. The second-order valence-corrected chi connectivity index (χ2v) is 9.45. The Balaban J connectivity index is 1.35. The summed E-state index contributed by atoms with van der Waals surface area (Å²) in [6, 6.07) is 11.5. The molecule has 184 valence electrons. The van der Waals surface area contributed by atoms with Crippen molar-refractivity contribution in [1.82, 2.24) is 10.2 Å². The molecule has 3 rings (SSSR count). The molecule has 0 bridgehead atoms. The number of benzene rings is 2. The molecule has 11 heteroatoms. The average Bonchev–Trinajstić information content (AvgIpc) is 2.82. The third-order valence-corrected chi connectivity index (χ3v) is 6.70. The summed E-state index contributed by atoms with van der Waals surface area (Å²) in [4.78, 5) is 27.6. The van der Waals surface area contributed by atoms with E-state index < -0.39 is 16.7 Å². The van der Waals surface area contributed by atoms with Gasteiger partial charge in [-0.2, -0.15) is 13.2 Å². The minimum absolute atomic E-state index is 0.0112. The lowest BCUT2D eigenvalue weighted by Crippen LogP contribution is -2.47. The molecule has 1 N–H and O–H groups in total. The van der Waals surface area contributed by atoms with Gasteiger partial charge in [0, 0.05) is 55.4 Å². The predicted octanol–water partition coefficient (Wildman–Crippen LogP) is 4.42. The molecular formula is C23H27F3N4O3S. The highest BCUT2D eigenvalue weighted by atomic mass is 32.2. The van der Waals surface area contributed by atoms with Crippen molar-refractivity contribution in [2.24, 2.45) is 0 Å². The molecule has 1 aliphatic heterocycles. The second-order valence-electron chi connectivity index (χ2n) is 8.03. The summed E-state index contributed by atoms with van der Waals surface area (Å²) >= 11 is 1.34. The smallest absolute Gasteiger partial charge is 0.369 e. The van der Waals surface area contributed by atoms with Gasteiger partial charge in [-0.05, 0) is 50.2 Å². The first kappa shape index (κ1) is 25.8. The van der Waals surface area contributed by atoms with Crippen molar-refractivity contribution in [3.05, 3.63) is 64.2 Å². The number of non-ortho nitro benzene ring substituents is 1. The zero-order valence-corrected chi connectivity index (χ0v) is 19.6. The van der Waals surface area contributed by atoms with Gasteiger partial charge in [0.15, 0.2) is 0 Å². The largest absolute Gasteiger partial charge is 0.416 e. The molecule has 1 aliphatic rings. The van der Waals surface area contributed by atoms with Crippen LogP contribution in [0.1, 0.15) is 18.9 Å². The molecule has 2 aromatic carbocycles. The number of hydrogen-bond donors (Lipinski definition) is 1. The number of carbonyl (C=O) groups excluding carboxylic acids is 1. The fourth-order valence-electron chi connectivity index (χ4n) is 3.67. The number of nitrogens with zero attached hydrogens (tertiary/aromatic N) is 3. The van der Waals surface area contributed by atoms with Gasteiger partial charge in [0.25, 0.3) is 5.69 Å². The Hall–Kier alpha value is -2.79. The number of nitrogens with one attached hydrogen (secondary N) is 1. The summed E-state index contributed by atoms with van der Waals surface area (Å²) in [5.41, 5.74) is -0.0393. The molecule has 1 fully saturated rings. The number of piperazine rings is 1. The highest BCUT2D eigenvalue weighted by Crippen LogP contribution is 2.32. The standard InChI is InChI=1S/C23H27F3N4O3S/c1-17(34-21-8-6-19(7-9-21)30(32)33)22(31)27-10-3-11-28-12-14-29(15-13-28)20-5-2-4-18(16-20)23(24,25)26/h2,4-9,16-17H,3,10-15H2,1H3,(H,27,31). The molecule has 1 saturated heterocycles. The van der Waals surface area contributed by atoms with Crippen molar-refractivity contribution in [1.29, 1.82) is 0 Å². The van der Waals surface area contributed by atoms with E-state index in [9.17, 15) is 28.1 Å². The second kappa shape index (κ2) is 11.6. The van der Waals surface area contributed by atoms with Crippen LogP contribution < -0.4 is 10.2 Å². The molecule has 1 amide bonds. The van der Waals surface area contributed by atoms with Crippen molar-refractivity contribution < 1.29 is 22.9 Å². The zero-order valence-electron chi connectivity index (χ0n) is 18.8. The first-order chi connectivity index (χ1) is 16.1. The quantitative estimate of drug-likeness (QED) is 0.240. The highest BCUT2D eigenvalue weighted by molar-refractivity contribution is 8.00. The van der Waals surface area contributed by atoms with E-state index in [2.05, 4.69) is 10.2 Å². The van der Waals surface area contributed by atoms with Crippen LogP contribution in [0.25, 0.3) is 0 Å². The van der Waals surface area contributed by atoms with E-state index in [0.717, 1.165) is 37.0 Å². The van der Waals surface area contributed by atoms with E-state index in [0.29, 0.717) is 25.3 Å². The Kier molecular flexibility index (Phi) is 8.78. The molecular weight excluding hydrogens is 469 g/mol. The lowest BCUT2D eigenvalue weighted by Gasteiger charge is -2.36. The fraction of sp³-hybridized carbons (Fsp3) is 0.435. The van der Waals surface area contributed by atoms with Gasteiger partial charge in [-0.3, -0.25) is 19.8 Å². The molecule has 0 radical (unpaired) electrons. The van der Waals surface area contributed by atoms with Crippen LogP contribution in [0.15, 0.2) is 53.4 Å². The van der Waals surface area contributed by atoms with Crippen molar-refractivity contribution in [3.63, 3.8) is 0 Å². The maximum atomic E-state index is 12.9. The van der Waals surface area contributed by atoms with Gasteiger partial charge in [0.05, 0.1) is 15.7 Å². The van der Waals surface area contributed by atoms with Gasteiger partial charge in [-0.1, -0.05) is 6.07 Å². The first-order valence-corrected chi connectivity index (χ1v) is 11.8. The third-order valence-electron chi connectivity index (χ3n) is 5.59. The number of rotatable bonds is 9. The van der Waals surface area contributed by atoms with Gasteiger partial charge in [-0.25, -0.2) is 0 Å². The molecule has 0 aliphatic carbocycles. The number of anilines is 1. The number of carbonyl (C=O) groups is 1. The molecule has 0 aromatic heterocycles. The van der Waals surface area contributed by atoms with Gasteiger partial charge < -0.3 is 10.2 Å². The normalized spacial score (nSPS) is 15.7. The summed E-state index contributed by atoms with van der Waals surface area (Å²) in [7, 11) is 0. The number of amides is 1. The van der Waals surface area contributed by atoms with E-state index in [1.807, 2.05) is 4.90 Å². The van der Waals surface area contributed by atoms with Crippen molar-refractivity contribution in [3.8, 4) is 0 Å². The monoisotopic (exact) mass is 496 g/mol. The average molecular weight is 497 g/mol. The van der Waals surface area contributed by atoms with Crippen LogP contribution in [-0.2, 0) is 11.0 Å². The van der Waals surface area contributed by atoms with E-state index in [1.165, 1.54) is 36.0 Å². The van der Waals surface area contributed by atoms with Gasteiger partial charge >= 0.3 is 6.18 Å². The fourth-order valence-corrected chi connectivity index (χ4v) is 4.56. The lowest BCUT2D eigenvalue weighted by atomic mass is 10.1. The number of hydrogen-bond acceptors (Lipinski definition) is 6. The Morgan fingerprint density at radius 3 is 2.44 bits per heavy atom. The molecule has 1 unspecified atom stereocenters. The zero-order chi connectivity index (χ0) is 24.7. The summed E-state index contributed by atoms with van der Waals surface area (Å²) in [6.07, 6.45) is -3.58. The van der Waals surface area contributed by atoms with E-state index in [4.69, 9.17) is 0 Å². The topological polar surface area (TPSA) is 78.7 Å². The molecule has 0 spiro atoms. The van der Waals surface area contributed by atoms with Crippen LogP contribution in [-0.4, -0.2) is 60.2 Å². The van der Waals surface area contributed by atoms with Gasteiger partial charge in [-0.15, -0.1) is 11.8 Å². The molecule has 7 nitrogen and oxygen atoms in total. The van der Waals surface area contributed by atoms with E-state index in [-0.39, 0.29) is 16.8 Å². The van der Waals surface area contributed by atoms with Crippen LogP contribution in [0.5, 0.6) is 0 Å². The Morgan fingerprint density at radius 1 is 1.15 bits per heavy atom. The van der Waals surface area contributed by atoms with Crippen molar-refractivity contribution in [2.75, 3.05) is 44.2 Å². The summed E-state index contributed by atoms with van der Waals surface area (Å²) < 4.78 is 38.8. The maximum absolute atomic E-state index is 12.9. The molecule has 1 atom stereocenters. The van der Waals surface area contributed by atoms with Crippen molar-refractivity contribution in [2.45, 2.75) is 29.7 Å². The van der Waals surface area contributed by atoms with Crippen LogP contribution >= 0.6 is 11.8 Å². The number of alkyl halides is 3. The SMILES string of the molecule is CC(Sc1ccc([N+](=O)[O-])cc1)C(=O)NCCCN1CCN(c2cccc(C(F)(F)F)c2)CC1. The van der Waals surface area contributed by atoms with E-state index >= 15 is 0 Å². The van der Waals surface area contributed by atoms with Crippen LogP contribution in [0, 0.1) is 10.1 Å². The van der Waals surface area contributed by atoms with Gasteiger partial charge in [0.1, 0.15) is 0 Å². The highest BCUT2D eigenvalue weighted by Gasteiger charge is 2.31. The number of nitro groups is 1. The molecule has 1 heterocycles. The van der Waals surface area contributed by atoms with Crippen LogP contribution in [0.2, 0.25) is 0 Å². The van der Waals surface area contributed by atoms with Crippen LogP contribution in [0.4, 0.5) is 24.5 Å².